The Hall–Kier alpha value is -3.66. The molecule has 0 aliphatic carbocycles. The van der Waals surface area contributed by atoms with Crippen LogP contribution in [0.1, 0.15) is 0 Å². The van der Waals surface area contributed by atoms with Crippen molar-refractivity contribution in [2.75, 3.05) is 37.2 Å². The molecule has 0 bridgehead atoms. The molecule has 1 saturated heterocycles. The van der Waals surface area contributed by atoms with Gasteiger partial charge in [-0.15, -0.1) is 15.2 Å². The average molecular weight is 408 g/mol. The SMILES string of the molecule is Nc1ccc(ON2CN(Oc3ccc(N)cc3)CN(Oc3ccc(N)cc3)C2)cc1. The maximum atomic E-state index is 5.98. The molecule has 0 amide bonds. The summed E-state index contributed by atoms with van der Waals surface area (Å²) in [5.41, 5.74) is 19.3. The molecule has 0 saturated carbocycles. The van der Waals surface area contributed by atoms with Gasteiger partial charge in [0.15, 0.2) is 0 Å². The molecule has 1 aliphatic heterocycles. The molecule has 0 radical (unpaired) electrons. The van der Waals surface area contributed by atoms with E-state index in [1.165, 1.54) is 0 Å². The van der Waals surface area contributed by atoms with Crippen molar-refractivity contribution in [3.63, 3.8) is 0 Å². The van der Waals surface area contributed by atoms with Gasteiger partial charge in [0.05, 0.1) is 0 Å². The van der Waals surface area contributed by atoms with Gasteiger partial charge >= 0.3 is 0 Å². The molecule has 0 aromatic heterocycles. The zero-order chi connectivity index (χ0) is 20.9. The van der Waals surface area contributed by atoms with Crippen molar-refractivity contribution in [1.29, 1.82) is 0 Å². The fourth-order valence-corrected chi connectivity index (χ4v) is 2.87. The standard InChI is InChI=1S/C21H24N6O3/c22-16-1-7-19(8-2-16)28-25-13-26(29-20-9-3-17(23)4-10-20)15-27(14-25)30-21-11-5-18(24)6-12-21/h1-12H,13-15,22-24H2. The van der Waals surface area contributed by atoms with Crippen LogP contribution < -0.4 is 31.7 Å². The molecule has 9 heteroatoms. The van der Waals surface area contributed by atoms with Crippen molar-refractivity contribution in [3.05, 3.63) is 72.8 Å². The van der Waals surface area contributed by atoms with E-state index >= 15 is 0 Å². The Bertz CT molecular complexity index is 817. The van der Waals surface area contributed by atoms with Crippen molar-refractivity contribution in [3.8, 4) is 17.2 Å². The highest BCUT2D eigenvalue weighted by molar-refractivity contribution is 5.42. The zero-order valence-electron chi connectivity index (χ0n) is 16.3. The minimum Gasteiger partial charge on any atom is -0.403 e. The van der Waals surface area contributed by atoms with Gasteiger partial charge in [-0.2, -0.15) is 0 Å². The third-order valence-electron chi connectivity index (χ3n) is 4.29. The molecule has 9 nitrogen and oxygen atoms in total. The predicted molar refractivity (Wildman–Crippen MR) is 115 cm³/mol. The van der Waals surface area contributed by atoms with Crippen LogP contribution in [-0.4, -0.2) is 35.2 Å². The van der Waals surface area contributed by atoms with E-state index in [9.17, 15) is 0 Å². The molecule has 3 aromatic rings. The third-order valence-corrected chi connectivity index (χ3v) is 4.29. The van der Waals surface area contributed by atoms with E-state index in [1.54, 1.807) is 88.0 Å². The van der Waals surface area contributed by atoms with Crippen molar-refractivity contribution >= 4 is 17.1 Å². The summed E-state index contributed by atoms with van der Waals surface area (Å²) in [5.74, 6) is 1.97. The van der Waals surface area contributed by atoms with Crippen LogP contribution in [0, 0.1) is 0 Å². The van der Waals surface area contributed by atoms with Crippen LogP contribution in [0.15, 0.2) is 72.8 Å². The number of hydroxylamine groups is 6. The topological polar surface area (TPSA) is 115 Å². The van der Waals surface area contributed by atoms with Crippen LogP contribution in [0.5, 0.6) is 17.2 Å². The maximum Gasteiger partial charge on any atom is 0.147 e. The second-order valence-electron chi connectivity index (χ2n) is 6.85. The summed E-state index contributed by atoms with van der Waals surface area (Å²) >= 11 is 0. The molecule has 3 aromatic carbocycles. The normalized spacial score (nSPS) is 15.6. The number of benzene rings is 3. The smallest absolute Gasteiger partial charge is 0.147 e. The first kappa shape index (κ1) is 19.6. The second-order valence-corrected chi connectivity index (χ2v) is 6.85. The van der Waals surface area contributed by atoms with Crippen molar-refractivity contribution < 1.29 is 14.5 Å². The predicted octanol–water partition coefficient (Wildman–Crippen LogP) is 2.51. The summed E-state index contributed by atoms with van der Waals surface area (Å²) in [6.45, 7) is 1.16. The summed E-state index contributed by atoms with van der Waals surface area (Å²) in [5, 5.41) is 5.14. The number of hydrogen-bond donors (Lipinski definition) is 3. The Morgan fingerprint density at radius 2 is 0.667 bits per heavy atom. The molecular formula is C21H24N6O3. The Balaban J connectivity index is 1.47. The first-order chi connectivity index (χ1) is 14.5. The summed E-state index contributed by atoms with van der Waals surface area (Å²) < 4.78 is 0. The molecule has 4 rings (SSSR count). The van der Waals surface area contributed by atoms with Gasteiger partial charge in [0.25, 0.3) is 0 Å². The zero-order valence-corrected chi connectivity index (χ0v) is 16.3. The monoisotopic (exact) mass is 408 g/mol. The lowest BCUT2D eigenvalue weighted by atomic mass is 10.3. The van der Waals surface area contributed by atoms with Gasteiger partial charge in [-0.1, -0.05) is 0 Å². The fourth-order valence-electron chi connectivity index (χ4n) is 2.87. The molecule has 0 unspecified atom stereocenters. The van der Waals surface area contributed by atoms with Crippen molar-refractivity contribution in [1.82, 2.24) is 15.2 Å². The largest absolute Gasteiger partial charge is 0.403 e. The van der Waals surface area contributed by atoms with Gasteiger partial charge in [0, 0.05) is 17.1 Å². The van der Waals surface area contributed by atoms with E-state index < -0.39 is 0 Å². The number of nitrogens with two attached hydrogens (primary N) is 3. The minimum absolute atomic E-state index is 0.385. The molecule has 6 N–H and O–H groups in total. The van der Waals surface area contributed by atoms with Gasteiger partial charge in [-0.3, -0.25) is 0 Å². The summed E-state index contributed by atoms with van der Waals surface area (Å²) in [7, 11) is 0. The maximum absolute atomic E-state index is 5.98. The summed E-state index contributed by atoms with van der Waals surface area (Å²) in [4.78, 5) is 17.9. The lowest BCUT2D eigenvalue weighted by Crippen LogP contribution is -2.57. The van der Waals surface area contributed by atoms with Crippen LogP contribution in [0.25, 0.3) is 0 Å². The summed E-state index contributed by atoms with van der Waals surface area (Å²) in [6, 6.07) is 21.5. The molecule has 0 atom stereocenters. The lowest BCUT2D eigenvalue weighted by molar-refractivity contribution is -0.296. The van der Waals surface area contributed by atoms with Gasteiger partial charge < -0.3 is 31.7 Å². The third kappa shape index (κ3) is 5.23. The Kier molecular flexibility index (Phi) is 5.75. The Morgan fingerprint density at radius 3 is 0.900 bits per heavy atom. The number of nitrogens with zero attached hydrogens (tertiary/aromatic N) is 3. The lowest BCUT2D eigenvalue weighted by Gasteiger charge is -2.39. The van der Waals surface area contributed by atoms with Gasteiger partial charge in [0.1, 0.15) is 37.3 Å². The highest BCUT2D eigenvalue weighted by Gasteiger charge is 2.28. The minimum atomic E-state index is 0.385. The fraction of sp³-hybridized carbons (Fsp3) is 0.143. The van der Waals surface area contributed by atoms with E-state index in [0.717, 1.165) is 0 Å². The average Bonchev–Trinajstić information content (AvgIpc) is 2.73. The highest BCUT2D eigenvalue weighted by Crippen LogP contribution is 2.21. The molecule has 1 fully saturated rings. The van der Waals surface area contributed by atoms with Crippen molar-refractivity contribution in [2.45, 2.75) is 0 Å². The van der Waals surface area contributed by atoms with E-state index in [1.807, 2.05) is 0 Å². The Labute approximate surface area is 174 Å². The Morgan fingerprint density at radius 1 is 0.433 bits per heavy atom. The van der Waals surface area contributed by atoms with E-state index in [-0.39, 0.29) is 0 Å². The quantitative estimate of drug-likeness (QED) is 0.529. The first-order valence-electron chi connectivity index (χ1n) is 9.39. The van der Waals surface area contributed by atoms with Gasteiger partial charge in [-0.25, -0.2) is 0 Å². The molecule has 0 spiro atoms. The number of hydrogen-bond acceptors (Lipinski definition) is 9. The van der Waals surface area contributed by atoms with Crippen LogP contribution >= 0.6 is 0 Å². The van der Waals surface area contributed by atoms with Gasteiger partial charge in [0.2, 0.25) is 0 Å². The molecule has 156 valence electrons. The van der Waals surface area contributed by atoms with Crippen LogP contribution in [0.2, 0.25) is 0 Å². The first-order valence-corrected chi connectivity index (χ1v) is 9.39. The number of anilines is 3. The van der Waals surface area contributed by atoms with Crippen LogP contribution in [-0.2, 0) is 0 Å². The highest BCUT2D eigenvalue weighted by atomic mass is 16.8. The second kappa shape index (κ2) is 8.78. The number of rotatable bonds is 6. The van der Waals surface area contributed by atoms with E-state index in [2.05, 4.69) is 0 Å². The summed E-state index contributed by atoms with van der Waals surface area (Å²) in [6.07, 6.45) is 0. The molecule has 1 heterocycles. The van der Waals surface area contributed by atoms with Crippen LogP contribution in [0.4, 0.5) is 17.1 Å². The molecular weight excluding hydrogens is 384 g/mol. The number of nitrogen functional groups attached to an aromatic ring is 3. The van der Waals surface area contributed by atoms with Crippen molar-refractivity contribution in [2.24, 2.45) is 0 Å². The molecule has 30 heavy (non-hydrogen) atoms. The van der Waals surface area contributed by atoms with Gasteiger partial charge in [-0.05, 0) is 72.8 Å². The van der Waals surface area contributed by atoms with E-state index in [4.69, 9.17) is 31.7 Å². The van der Waals surface area contributed by atoms with Crippen LogP contribution in [0.3, 0.4) is 0 Å². The van der Waals surface area contributed by atoms with E-state index in [0.29, 0.717) is 54.3 Å². The molecule has 1 aliphatic rings.